The van der Waals surface area contributed by atoms with E-state index in [-0.39, 0.29) is 18.1 Å². The molecule has 6 nitrogen and oxygen atoms in total. The van der Waals surface area contributed by atoms with Crippen LogP contribution in [-0.4, -0.2) is 40.7 Å². The summed E-state index contributed by atoms with van der Waals surface area (Å²) < 4.78 is 19.1. The van der Waals surface area contributed by atoms with E-state index in [9.17, 15) is 14.3 Å². The topological polar surface area (TPSA) is 84.3 Å². The van der Waals surface area contributed by atoms with Gasteiger partial charge in [-0.15, -0.1) is 0 Å². The van der Waals surface area contributed by atoms with E-state index in [1.807, 2.05) is 0 Å². The molecule has 150 valence electrons. The molecular weight excluding hydrogens is 397 g/mol. The van der Waals surface area contributed by atoms with Crippen LogP contribution in [0.4, 0.5) is 4.39 Å². The summed E-state index contributed by atoms with van der Waals surface area (Å²) in [6.45, 7) is 1.45. The maximum Gasteiger partial charge on any atom is 0.270 e. The monoisotopic (exact) mass is 415 g/mol. The van der Waals surface area contributed by atoms with Gasteiger partial charge in [-0.05, 0) is 37.3 Å². The van der Waals surface area contributed by atoms with Crippen molar-refractivity contribution in [3.8, 4) is 28.4 Å². The lowest BCUT2D eigenvalue weighted by atomic mass is 10.1. The number of rotatable bonds is 6. The van der Waals surface area contributed by atoms with E-state index >= 15 is 0 Å². The number of amides is 1. The van der Waals surface area contributed by atoms with E-state index in [2.05, 4.69) is 15.3 Å². The van der Waals surface area contributed by atoms with Crippen molar-refractivity contribution < 1.29 is 19.0 Å². The highest BCUT2D eigenvalue weighted by atomic mass is 35.5. The van der Waals surface area contributed by atoms with Crippen molar-refractivity contribution >= 4 is 17.5 Å². The zero-order chi connectivity index (χ0) is 21.0. The molecule has 0 aliphatic rings. The lowest BCUT2D eigenvalue weighted by Gasteiger charge is -2.13. The van der Waals surface area contributed by atoms with Gasteiger partial charge in [0.1, 0.15) is 17.3 Å². The van der Waals surface area contributed by atoms with Crippen LogP contribution in [0.1, 0.15) is 17.4 Å². The Labute approximate surface area is 172 Å². The van der Waals surface area contributed by atoms with Crippen LogP contribution in [0.5, 0.6) is 5.75 Å². The molecule has 0 bridgehead atoms. The van der Waals surface area contributed by atoms with Crippen molar-refractivity contribution in [2.24, 2.45) is 0 Å². The Hall–Kier alpha value is -3.03. The number of carbonyl (C=O) groups is 1. The standard InChI is InChI=1S/C21H19ClFN3O3/c1-12(11-27)24-21(28)19-10-18(13-3-5-15(22)6-4-13)25-20(26-19)14-7-16(23)9-17(8-14)29-2/h3-10,12,27H,11H2,1-2H3,(H,24,28). The number of nitrogens with zero attached hydrogens (tertiary/aromatic N) is 2. The molecule has 0 aliphatic heterocycles. The van der Waals surface area contributed by atoms with Gasteiger partial charge in [-0.2, -0.15) is 0 Å². The highest BCUT2D eigenvalue weighted by Crippen LogP contribution is 2.27. The number of hydrogen-bond donors (Lipinski definition) is 2. The van der Waals surface area contributed by atoms with Gasteiger partial charge < -0.3 is 15.2 Å². The quantitative estimate of drug-likeness (QED) is 0.641. The number of aliphatic hydroxyl groups is 1. The first kappa shape index (κ1) is 20.7. The van der Waals surface area contributed by atoms with E-state index < -0.39 is 17.8 Å². The normalized spacial score (nSPS) is 11.8. The van der Waals surface area contributed by atoms with Crippen LogP contribution in [0.15, 0.2) is 48.5 Å². The van der Waals surface area contributed by atoms with Gasteiger partial charge in [-0.3, -0.25) is 4.79 Å². The number of aromatic nitrogens is 2. The predicted molar refractivity (Wildman–Crippen MR) is 108 cm³/mol. The Morgan fingerprint density at radius 2 is 1.90 bits per heavy atom. The van der Waals surface area contributed by atoms with Crippen LogP contribution in [0.25, 0.3) is 22.6 Å². The van der Waals surface area contributed by atoms with Crippen molar-refractivity contribution in [1.82, 2.24) is 15.3 Å². The van der Waals surface area contributed by atoms with Crippen molar-refractivity contribution in [1.29, 1.82) is 0 Å². The molecule has 1 heterocycles. The number of hydrogen-bond acceptors (Lipinski definition) is 5. The summed E-state index contributed by atoms with van der Waals surface area (Å²) in [6.07, 6.45) is 0. The fraction of sp³-hybridized carbons (Fsp3) is 0.190. The number of methoxy groups -OCH3 is 1. The van der Waals surface area contributed by atoms with E-state index in [1.165, 1.54) is 25.3 Å². The number of ether oxygens (including phenoxy) is 1. The molecule has 1 atom stereocenters. The number of aliphatic hydroxyl groups excluding tert-OH is 1. The van der Waals surface area contributed by atoms with Crippen molar-refractivity contribution in [3.63, 3.8) is 0 Å². The summed E-state index contributed by atoms with van der Waals surface area (Å²) in [7, 11) is 1.43. The molecule has 1 amide bonds. The first-order valence-corrected chi connectivity index (χ1v) is 9.19. The first-order chi connectivity index (χ1) is 13.9. The van der Waals surface area contributed by atoms with Crippen molar-refractivity contribution in [3.05, 3.63) is 65.1 Å². The Morgan fingerprint density at radius 1 is 1.17 bits per heavy atom. The largest absolute Gasteiger partial charge is 0.497 e. The molecule has 0 fully saturated rings. The number of benzene rings is 2. The first-order valence-electron chi connectivity index (χ1n) is 8.81. The van der Waals surface area contributed by atoms with Crippen LogP contribution in [-0.2, 0) is 0 Å². The van der Waals surface area contributed by atoms with E-state index in [0.29, 0.717) is 27.6 Å². The molecule has 0 radical (unpaired) electrons. The Balaban J connectivity index is 2.13. The summed E-state index contributed by atoms with van der Waals surface area (Å²) >= 11 is 5.96. The predicted octanol–water partition coefficient (Wildman–Crippen LogP) is 3.72. The minimum absolute atomic E-state index is 0.0866. The summed E-state index contributed by atoms with van der Waals surface area (Å²) in [5.41, 5.74) is 1.63. The van der Waals surface area contributed by atoms with Crippen LogP contribution < -0.4 is 10.1 Å². The van der Waals surface area contributed by atoms with Gasteiger partial charge >= 0.3 is 0 Å². The van der Waals surface area contributed by atoms with Crippen LogP contribution in [0.2, 0.25) is 5.02 Å². The third-order valence-corrected chi connectivity index (χ3v) is 4.37. The maximum absolute atomic E-state index is 14.0. The minimum Gasteiger partial charge on any atom is -0.497 e. The van der Waals surface area contributed by atoms with Crippen molar-refractivity contribution in [2.75, 3.05) is 13.7 Å². The second kappa shape index (κ2) is 8.98. The van der Waals surface area contributed by atoms with E-state index in [1.54, 1.807) is 37.3 Å². The lowest BCUT2D eigenvalue weighted by molar-refractivity contribution is 0.0917. The summed E-state index contributed by atoms with van der Waals surface area (Å²) in [6, 6.07) is 12.1. The minimum atomic E-state index is -0.514. The average Bonchev–Trinajstić information content (AvgIpc) is 2.73. The SMILES string of the molecule is COc1cc(F)cc(-c2nc(C(=O)NC(C)CO)cc(-c3ccc(Cl)cc3)n2)c1. The number of nitrogens with one attached hydrogen (secondary N) is 1. The summed E-state index contributed by atoms with van der Waals surface area (Å²) in [5, 5.41) is 12.4. The molecule has 0 spiro atoms. The molecule has 0 aliphatic carbocycles. The van der Waals surface area contributed by atoms with Crippen molar-refractivity contribution in [2.45, 2.75) is 13.0 Å². The van der Waals surface area contributed by atoms with Gasteiger partial charge in [0.2, 0.25) is 0 Å². The Kier molecular flexibility index (Phi) is 6.41. The molecule has 8 heteroatoms. The van der Waals surface area contributed by atoms with Gasteiger partial charge in [0.15, 0.2) is 5.82 Å². The van der Waals surface area contributed by atoms with Gasteiger partial charge in [0, 0.05) is 28.3 Å². The van der Waals surface area contributed by atoms with Crippen LogP contribution >= 0.6 is 11.6 Å². The van der Waals surface area contributed by atoms with Gasteiger partial charge in [-0.1, -0.05) is 23.7 Å². The van der Waals surface area contributed by atoms with Crippen LogP contribution in [0, 0.1) is 5.82 Å². The maximum atomic E-state index is 14.0. The molecule has 29 heavy (non-hydrogen) atoms. The van der Waals surface area contributed by atoms with Gasteiger partial charge in [0.05, 0.1) is 19.4 Å². The molecular formula is C21H19ClFN3O3. The van der Waals surface area contributed by atoms with Gasteiger partial charge in [0.25, 0.3) is 5.91 Å². The smallest absolute Gasteiger partial charge is 0.270 e. The second-order valence-corrected chi connectivity index (χ2v) is 6.84. The van der Waals surface area contributed by atoms with Gasteiger partial charge in [-0.25, -0.2) is 14.4 Å². The second-order valence-electron chi connectivity index (χ2n) is 6.41. The molecule has 1 aromatic heterocycles. The van der Waals surface area contributed by atoms with E-state index in [4.69, 9.17) is 16.3 Å². The average molecular weight is 416 g/mol. The summed E-state index contributed by atoms with van der Waals surface area (Å²) in [5.74, 6) is -0.522. The zero-order valence-corrected chi connectivity index (χ0v) is 16.6. The van der Waals surface area contributed by atoms with Crippen LogP contribution in [0.3, 0.4) is 0 Å². The lowest BCUT2D eigenvalue weighted by Crippen LogP contribution is -2.35. The third-order valence-electron chi connectivity index (χ3n) is 4.12. The zero-order valence-electron chi connectivity index (χ0n) is 15.8. The third kappa shape index (κ3) is 5.07. The summed E-state index contributed by atoms with van der Waals surface area (Å²) in [4.78, 5) is 21.4. The Bertz CT molecular complexity index is 1030. The molecule has 3 aromatic rings. The highest BCUT2D eigenvalue weighted by molar-refractivity contribution is 6.30. The molecule has 2 aromatic carbocycles. The highest BCUT2D eigenvalue weighted by Gasteiger charge is 2.17. The molecule has 3 rings (SSSR count). The fourth-order valence-electron chi connectivity index (χ4n) is 2.61. The fourth-order valence-corrected chi connectivity index (χ4v) is 2.74. The number of halogens is 2. The molecule has 0 saturated heterocycles. The molecule has 0 saturated carbocycles. The Morgan fingerprint density at radius 3 is 2.55 bits per heavy atom. The molecule has 1 unspecified atom stereocenters. The number of carbonyl (C=O) groups excluding carboxylic acids is 1. The van der Waals surface area contributed by atoms with E-state index in [0.717, 1.165) is 0 Å². The molecule has 2 N–H and O–H groups in total.